The van der Waals surface area contributed by atoms with Gasteiger partial charge in [0.25, 0.3) is 0 Å². The number of nitrogens with two attached hydrogens (primary N) is 1. The van der Waals surface area contributed by atoms with E-state index in [-0.39, 0.29) is 5.78 Å². The lowest BCUT2D eigenvalue weighted by molar-refractivity contribution is 0.103. The van der Waals surface area contributed by atoms with Gasteiger partial charge in [0.1, 0.15) is 5.69 Å². The second-order valence-electron chi connectivity index (χ2n) is 3.62. The minimum absolute atomic E-state index is 0.159. The molecular weight excluding hydrogens is 291 g/mol. The summed E-state index contributed by atoms with van der Waals surface area (Å²) in [6, 6.07) is 4.79. The summed E-state index contributed by atoms with van der Waals surface area (Å²) >= 11 is 13.1. The van der Waals surface area contributed by atoms with Crippen LogP contribution in [0.4, 0.5) is 0 Å². The molecular formula is C12H10Cl2N2OS. The third kappa shape index (κ3) is 2.90. The van der Waals surface area contributed by atoms with Crippen LogP contribution in [0, 0.1) is 0 Å². The Hall–Kier alpha value is -0.940. The highest BCUT2D eigenvalue weighted by atomic mass is 35.5. The highest BCUT2D eigenvalue weighted by Crippen LogP contribution is 2.24. The standard InChI is InChI=1S/C12H10Cl2N2OS/c13-8-2-1-7(5-9(8)14)12(17)10-6-18-11(16-10)3-4-15/h1-2,5-6H,3-4,15H2. The molecule has 2 N–H and O–H groups in total. The normalized spacial score (nSPS) is 10.6. The summed E-state index contributed by atoms with van der Waals surface area (Å²) in [5.41, 5.74) is 6.34. The zero-order chi connectivity index (χ0) is 13.1. The van der Waals surface area contributed by atoms with Crippen molar-refractivity contribution in [2.45, 2.75) is 6.42 Å². The third-order valence-corrected chi connectivity index (χ3v) is 3.97. The number of ketones is 1. The first-order chi connectivity index (χ1) is 8.61. The quantitative estimate of drug-likeness (QED) is 0.882. The first-order valence-electron chi connectivity index (χ1n) is 5.26. The van der Waals surface area contributed by atoms with Crippen molar-refractivity contribution in [1.29, 1.82) is 0 Å². The van der Waals surface area contributed by atoms with E-state index in [1.165, 1.54) is 11.3 Å². The van der Waals surface area contributed by atoms with Crippen LogP contribution in [0.2, 0.25) is 10.0 Å². The van der Waals surface area contributed by atoms with Crippen LogP contribution in [0.5, 0.6) is 0 Å². The minimum Gasteiger partial charge on any atom is -0.330 e. The zero-order valence-electron chi connectivity index (χ0n) is 9.32. The Morgan fingerprint density at radius 3 is 2.78 bits per heavy atom. The molecule has 0 amide bonds. The number of benzene rings is 1. The summed E-state index contributed by atoms with van der Waals surface area (Å²) < 4.78 is 0. The van der Waals surface area contributed by atoms with Gasteiger partial charge >= 0.3 is 0 Å². The van der Waals surface area contributed by atoms with Crippen molar-refractivity contribution in [1.82, 2.24) is 4.98 Å². The maximum absolute atomic E-state index is 12.1. The molecule has 0 atom stereocenters. The van der Waals surface area contributed by atoms with E-state index in [4.69, 9.17) is 28.9 Å². The summed E-state index contributed by atoms with van der Waals surface area (Å²) in [6.45, 7) is 0.522. The van der Waals surface area contributed by atoms with Crippen molar-refractivity contribution in [2.75, 3.05) is 6.54 Å². The van der Waals surface area contributed by atoms with Gasteiger partial charge in [-0.2, -0.15) is 0 Å². The van der Waals surface area contributed by atoms with Crippen molar-refractivity contribution in [3.63, 3.8) is 0 Å². The number of halogens is 2. The van der Waals surface area contributed by atoms with Crippen LogP contribution in [0.15, 0.2) is 23.6 Å². The van der Waals surface area contributed by atoms with Gasteiger partial charge in [0.2, 0.25) is 5.78 Å². The molecule has 0 aliphatic carbocycles. The highest BCUT2D eigenvalue weighted by Gasteiger charge is 2.14. The van der Waals surface area contributed by atoms with Gasteiger partial charge in [0.05, 0.1) is 15.1 Å². The van der Waals surface area contributed by atoms with Crippen molar-refractivity contribution in [3.8, 4) is 0 Å². The SMILES string of the molecule is NCCc1nc(C(=O)c2ccc(Cl)c(Cl)c2)cs1. The number of hydrogen-bond donors (Lipinski definition) is 1. The van der Waals surface area contributed by atoms with E-state index in [1.807, 2.05) is 0 Å². The van der Waals surface area contributed by atoms with Gasteiger partial charge in [-0.1, -0.05) is 23.2 Å². The Morgan fingerprint density at radius 1 is 1.33 bits per heavy atom. The summed E-state index contributed by atoms with van der Waals surface area (Å²) in [6.07, 6.45) is 0.680. The lowest BCUT2D eigenvalue weighted by Crippen LogP contribution is -2.05. The van der Waals surface area contributed by atoms with E-state index >= 15 is 0 Å². The van der Waals surface area contributed by atoms with Crippen molar-refractivity contribution in [2.24, 2.45) is 5.73 Å². The van der Waals surface area contributed by atoms with E-state index in [1.54, 1.807) is 23.6 Å². The molecule has 1 heterocycles. The van der Waals surface area contributed by atoms with E-state index < -0.39 is 0 Å². The van der Waals surface area contributed by atoms with Gasteiger partial charge in [-0.05, 0) is 24.7 Å². The molecule has 0 saturated heterocycles. The van der Waals surface area contributed by atoms with Crippen molar-refractivity contribution < 1.29 is 4.79 Å². The largest absolute Gasteiger partial charge is 0.330 e. The molecule has 1 aromatic heterocycles. The van der Waals surface area contributed by atoms with Gasteiger partial charge in [-0.3, -0.25) is 4.79 Å². The number of thiazole rings is 1. The number of hydrogen-bond acceptors (Lipinski definition) is 4. The molecule has 0 spiro atoms. The average Bonchev–Trinajstić information content (AvgIpc) is 2.81. The summed E-state index contributed by atoms with van der Waals surface area (Å²) in [5.74, 6) is -0.159. The van der Waals surface area contributed by atoms with E-state index in [2.05, 4.69) is 4.98 Å². The van der Waals surface area contributed by atoms with Crippen LogP contribution in [-0.4, -0.2) is 17.3 Å². The van der Waals surface area contributed by atoms with Crippen molar-refractivity contribution in [3.05, 3.63) is 49.9 Å². The van der Waals surface area contributed by atoms with E-state index in [0.29, 0.717) is 34.3 Å². The molecule has 0 bridgehead atoms. The first-order valence-corrected chi connectivity index (χ1v) is 6.89. The van der Waals surface area contributed by atoms with Gasteiger partial charge in [-0.25, -0.2) is 4.98 Å². The van der Waals surface area contributed by atoms with Gasteiger partial charge in [0.15, 0.2) is 0 Å². The molecule has 2 rings (SSSR count). The van der Waals surface area contributed by atoms with Crippen LogP contribution in [0.25, 0.3) is 0 Å². The molecule has 94 valence electrons. The van der Waals surface area contributed by atoms with Crippen LogP contribution in [-0.2, 0) is 6.42 Å². The van der Waals surface area contributed by atoms with Crippen LogP contribution >= 0.6 is 34.5 Å². The van der Waals surface area contributed by atoms with Crippen molar-refractivity contribution >= 4 is 40.3 Å². The van der Waals surface area contributed by atoms with E-state index in [0.717, 1.165) is 5.01 Å². The second kappa shape index (κ2) is 5.80. The average molecular weight is 301 g/mol. The molecule has 18 heavy (non-hydrogen) atoms. The molecule has 1 aromatic carbocycles. The van der Waals surface area contributed by atoms with Crippen LogP contribution in [0.3, 0.4) is 0 Å². The zero-order valence-corrected chi connectivity index (χ0v) is 11.6. The third-order valence-electron chi connectivity index (χ3n) is 2.32. The lowest BCUT2D eigenvalue weighted by atomic mass is 10.1. The molecule has 0 aliphatic rings. The number of nitrogens with zero attached hydrogens (tertiary/aromatic N) is 1. The number of carbonyl (C=O) groups excluding carboxylic acids is 1. The van der Waals surface area contributed by atoms with Gasteiger partial charge < -0.3 is 5.73 Å². The highest BCUT2D eigenvalue weighted by molar-refractivity contribution is 7.09. The monoisotopic (exact) mass is 300 g/mol. The fourth-order valence-electron chi connectivity index (χ4n) is 1.44. The van der Waals surface area contributed by atoms with Crippen LogP contribution in [0.1, 0.15) is 21.1 Å². The molecule has 6 heteroatoms. The predicted octanol–water partition coefficient (Wildman–Crippen LogP) is 3.18. The van der Waals surface area contributed by atoms with Crippen LogP contribution < -0.4 is 5.73 Å². The van der Waals surface area contributed by atoms with Gasteiger partial charge in [-0.15, -0.1) is 11.3 Å². The molecule has 0 fully saturated rings. The lowest BCUT2D eigenvalue weighted by Gasteiger charge is -2.00. The Labute approximate surface area is 119 Å². The topological polar surface area (TPSA) is 56.0 Å². The molecule has 0 unspecified atom stereocenters. The minimum atomic E-state index is -0.159. The summed E-state index contributed by atoms with van der Waals surface area (Å²) in [7, 11) is 0. The summed E-state index contributed by atoms with van der Waals surface area (Å²) in [5, 5.41) is 3.38. The Balaban J connectivity index is 2.26. The summed E-state index contributed by atoms with van der Waals surface area (Å²) in [4.78, 5) is 16.4. The smallest absolute Gasteiger partial charge is 0.212 e. The molecule has 0 saturated carbocycles. The second-order valence-corrected chi connectivity index (χ2v) is 5.38. The molecule has 2 aromatic rings. The first kappa shape index (κ1) is 13.5. The molecule has 0 radical (unpaired) electrons. The maximum atomic E-state index is 12.1. The predicted molar refractivity (Wildman–Crippen MR) is 74.8 cm³/mol. The maximum Gasteiger partial charge on any atom is 0.212 e. The number of aromatic nitrogens is 1. The van der Waals surface area contributed by atoms with Gasteiger partial charge in [0, 0.05) is 17.4 Å². The molecule has 3 nitrogen and oxygen atoms in total. The fourth-order valence-corrected chi connectivity index (χ4v) is 2.53. The number of carbonyl (C=O) groups is 1. The van der Waals surface area contributed by atoms with E-state index in [9.17, 15) is 4.79 Å². The Morgan fingerprint density at radius 2 is 2.11 bits per heavy atom. The fraction of sp³-hybridized carbons (Fsp3) is 0.167. The Bertz CT molecular complexity index is 583. The Kier molecular flexibility index (Phi) is 4.35. The number of rotatable bonds is 4. The molecule has 0 aliphatic heterocycles.